The fourth-order valence-electron chi connectivity index (χ4n) is 10.6. The number of fused-ring (bicyclic) bond motifs is 1. The molecule has 0 radical (unpaired) electrons. The lowest BCUT2D eigenvalue weighted by molar-refractivity contribution is -0.142. The average Bonchev–Trinajstić information content (AvgIpc) is 1.72. The number of amides is 11. The fourth-order valence-corrected chi connectivity index (χ4v) is 10.6. The summed E-state index contributed by atoms with van der Waals surface area (Å²) in [6.45, 7) is 2.29. The molecule has 11 amide bonds. The summed E-state index contributed by atoms with van der Waals surface area (Å²) in [5, 5.41) is 68.4. The Bertz CT molecular complexity index is 3380. The van der Waals surface area contributed by atoms with E-state index in [2.05, 4.69) is 63.5 Å². The number of rotatable bonds is 47. The van der Waals surface area contributed by atoms with Crippen LogP contribution in [0.25, 0.3) is 10.9 Å². The molecule has 0 saturated carbocycles. The highest BCUT2D eigenvalue weighted by Crippen LogP contribution is 2.20. The molecule has 0 unspecified atom stereocenters. The number of carbonyl (C=O) groups excluding carboxylic acids is 11. The lowest BCUT2D eigenvalue weighted by Gasteiger charge is -2.27. The third-order valence-corrected chi connectivity index (χ3v) is 16.4. The Kier molecular flexibility index (Phi) is 36.6. The van der Waals surface area contributed by atoms with Crippen molar-refractivity contribution in [1.82, 2.24) is 63.5 Å². The maximum Gasteiger partial charge on any atom is 0.326 e. The highest BCUT2D eigenvalue weighted by molar-refractivity contribution is 5.99. The molecule has 0 aliphatic heterocycles. The number of hydrogen-bond donors (Lipinski definition) is 20. The summed E-state index contributed by atoms with van der Waals surface area (Å²) in [6.07, 6.45) is 2.31. The minimum absolute atomic E-state index is 0.0249. The summed E-state index contributed by atoms with van der Waals surface area (Å²) in [5.74, 6) is -13.8. The van der Waals surface area contributed by atoms with Crippen LogP contribution in [0.3, 0.4) is 0 Å². The van der Waals surface area contributed by atoms with Crippen molar-refractivity contribution in [3.05, 3.63) is 108 Å². The number of aliphatic carboxylic acids is 2. The lowest BCUT2D eigenvalue weighted by Crippen LogP contribution is -2.61. The van der Waals surface area contributed by atoms with Gasteiger partial charge in [-0.15, -0.1) is 0 Å². The second-order valence-electron chi connectivity index (χ2n) is 24.8. The summed E-state index contributed by atoms with van der Waals surface area (Å²) in [5.41, 5.74) is 25.6. The zero-order valence-corrected chi connectivity index (χ0v) is 57.1. The van der Waals surface area contributed by atoms with Crippen LogP contribution in [0.5, 0.6) is 0 Å². The Labute approximate surface area is 585 Å². The number of nitrogens with one attached hydrogen (secondary N) is 12. The van der Waals surface area contributed by atoms with Crippen molar-refractivity contribution >= 4 is 87.8 Å². The number of aromatic nitrogens is 1. The first-order valence-corrected chi connectivity index (χ1v) is 33.7. The molecule has 0 saturated heterocycles. The molecule has 1 heterocycles. The molecule has 0 aliphatic carbocycles. The molecule has 33 nitrogen and oxygen atoms in total. The number of aromatic amines is 1. The molecular formula is C68H100N16O17. The van der Waals surface area contributed by atoms with E-state index in [4.69, 9.17) is 22.9 Å². The number of unbranched alkanes of at least 4 members (excludes halogenated alkanes) is 3. The number of nitrogens with two attached hydrogens (primary N) is 4. The monoisotopic (exact) mass is 1410 g/mol. The van der Waals surface area contributed by atoms with E-state index in [1.54, 1.807) is 98.9 Å². The Balaban J connectivity index is 1.50. The topological polar surface area (TPSA) is 555 Å². The molecule has 3 aromatic carbocycles. The third kappa shape index (κ3) is 29.1. The summed E-state index contributed by atoms with van der Waals surface area (Å²) < 4.78 is 0. The second kappa shape index (κ2) is 44.3. The number of aliphatic hydroxyl groups is 2. The Morgan fingerprint density at radius 3 is 1.33 bits per heavy atom. The van der Waals surface area contributed by atoms with Crippen LogP contribution < -0.4 is 81.4 Å². The molecule has 1 aromatic heterocycles. The highest BCUT2D eigenvalue weighted by atomic mass is 16.4. The summed E-state index contributed by atoms with van der Waals surface area (Å²) in [4.78, 5) is 180. The predicted octanol–water partition coefficient (Wildman–Crippen LogP) is -3.52. The molecule has 11 atom stereocenters. The van der Waals surface area contributed by atoms with Gasteiger partial charge in [-0.2, -0.15) is 0 Å². The number of carbonyl (C=O) groups is 13. The number of para-hydroxylation sites is 1. The van der Waals surface area contributed by atoms with Gasteiger partial charge in [-0.05, 0) is 126 Å². The van der Waals surface area contributed by atoms with Crippen molar-refractivity contribution in [3.63, 3.8) is 0 Å². The van der Waals surface area contributed by atoms with Gasteiger partial charge in [0.15, 0.2) is 0 Å². The number of carboxylic acid groups (broad SMARTS) is 2. The maximum absolute atomic E-state index is 14.5. The minimum atomic E-state index is -1.85. The average molecular weight is 1410 g/mol. The second-order valence-corrected chi connectivity index (χ2v) is 24.8. The predicted molar refractivity (Wildman–Crippen MR) is 370 cm³/mol. The van der Waals surface area contributed by atoms with Crippen molar-refractivity contribution in [1.29, 1.82) is 0 Å². The van der Waals surface area contributed by atoms with E-state index in [0.717, 1.165) is 5.56 Å². The number of aliphatic hydroxyl groups excluding tert-OH is 2. The Morgan fingerprint density at radius 1 is 0.426 bits per heavy atom. The molecule has 24 N–H and O–H groups in total. The molecule has 101 heavy (non-hydrogen) atoms. The summed E-state index contributed by atoms with van der Waals surface area (Å²) in [7, 11) is 0. The number of carboxylic acids is 2. The molecule has 0 spiro atoms. The normalized spacial score (nSPS) is 14.4. The van der Waals surface area contributed by atoms with Gasteiger partial charge in [-0.25, -0.2) is 4.79 Å². The van der Waals surface area contributed by atoms with E-state index in [1.165, 1.54) is 6.92 Å². The van der Waals surface area contributed by atoms with Crippen LogP contribution in [-0.2, 0) is 81.6 Å². The van der Waals surface area contributed by atoms with Crippen LogP contribution in [-0.4, -0.2) is 208 Å². The Hall–Kier alpha value is -9.93. The molecule has 0 bridgehead atoms. The van der Waals surface area contributed by atoms with Gasteiger partial charge in [-0.3, -0.25) is 57.5 Å². The van der Waals surface area contributed by atoms with E-state index < -0.39 is 182 Å². The van der Waals surface area contributed by atoms with Crippen molar-refractivity contribution < 1.29 is 82.8 Å². The first-order chi connectivity index (χ1) is 48.2. The first-order valence-electron chi connectivity index (χ1n) is 33.7. The fraction of sp³-hybridized carbons (Fsp3) is 0.515. The van der Waals surface area contributed by atoms with Crippen LogP contribution in [0.4, 0.5) is 0 Å². The standard InChI is InChI=1S/C68H100N16O17/c1-39(2)57(84-66(98)54(38-86)83-63(95)51(33-42-20-8-5-9-21-42)81-58(90)40(3)75-59(91)45(72)32-41-18-6-4-7-19-41)67(99)74-36-55(87)76-52(34-43-35-73-46-23-11-10-22-44(43)46)64(96)79-49(27-28-56(88)89)62(94)82-53(37-85)65(97)78-47(24-12-15-29-69)60(92)77-48(25-13-16-30-70)61(93)80-50(68(100)101)26-14-17-31-71/h4-11,18-23,35,39-40,45,47-54,57,73,85-86H,12-17,24-34,36-38,69-72H2,1-3H3,(H,74,99)(H,75,91)(H,76,87)(H,77,92)(H,78,97)(H,79,96)(H,80,93)(H,81,90)(H,82,94)(H,83,95)(H,84,98)(H,88,89)(H,100,101)/t40-,45-,47-,48-,49-,50-,51-,52-,53-,54-,57-/m0/s1. The quantitative estimate of drug-likeness (QED) is 0.0191. The van der Waals surface area contributed by atoms with Gasteiger partial charge in [0.05, 0.1) is 25.8 Å². The number of hydrogen-bond acceptors (Lipinski definition) is 19. The van der Waals surface area contributed by atoms with Gasteiger partial charge in [0.25, 0.3) is 0 Å². The Morgan fingerprint density at radius 2 is 0.842 bits per heavy atom. The first kappa shape index (κ1) is 83.5. The summed E-state index contributed by atoms with van der Waals surface area (Å²) in [6, 6.07) is 8.42. The molecular weight excluding hydrogens is 1310 g/mol. The smallest absolute Gasteiger partial charge is 0.326 e. The molecule has 554 valence electrons. The number of benzene rings is 3. The van der Waals surface area contributed by atoms with Gasteiger partial charge < -0.3 is 107 Å². The van der Waals surface area contributed by atoms with Crippen molar-refractivity contribution in [2.24, 2.45) is 28.9 Å². The van der Waals surface area contributed by atoms with E-state index in [-0.39, 0.29) is 58.0 Å². The van der Waals surface area contributed by atoms with Crippen molar-refractivity contribution in [3.8, 4) is 0 Å². The largest absolute Gasteiger partial charge is 0.481 e. The van der Waals surface area contributed by atoms with E-state index in [9.17, 15) is 82.8 Å². The maximum atomic E-state index is 14.5. The van der Waals surface area contributed by atoms with Gasteiger partial charge in [0.1, 0.15) is 60.4 Å². The van der Waals surface area contributed by atoms with Crippen molar-refractivity contribution in [2.45, 2.75) is 177 Å². The SMILES string of the molecule is CC(C)[C@H](NC(=O)[C@H](CO)NC(=O)[C@H](Cc1ccccc1)NC(=O)[C@H](C)NC(=O)[C@@H](N)Cc1ccccc1)C(=O)NCC(=O)N[C@@H](Cc1c[nH]c2ccccc12)C(=O)N[C@@H](CCC(=O)O)C(=O)N[C@@H](CO)C(=O)N[C@@H](CCCCN)C(=O)N[C@@H](CCCCN)C(=O)N[C@@H](CCCCN)C(=O)O. The van der Waals surface area contributed by atoms with E-state index in [0.29, 0.717) is 60.7 Å². The highest BCUT2D eigenvalue weighted by Gasteiger charge is 2.36. The summed E-state index contributed by atoms with van der Waals surface area (Å²) >= 11 is 0. The molecule has 0 aliphatic rings. The molecule has 33 heteroatoms. The van der Waals surface area contributed by atoms with Crippen LogP contribution in [0.15, 0.2) is 91.1 Å². The zero-order valence-electron chi connectivity index (χ0n) is 57.1. The van der Waals surface area contributed by atoms with Crippen LogP contribution >= 0.6 is 0 Å². The van der Waals surface area contributed by atoms with Crippen LogP contribution in [0, 0.1) is 5.92 Å². The number of H-pyrrole nitrogens is 1. The molecule has 4 aromatic rings. The van der Waals surface area contributed by atoms with Crippen LogP contribution in [0.1, 0.15) is 108 Å². The third-order valence-electron chi connectivity index (χ3n) is 16.4. The van der Waals surface area contributed by atoms with Gasteiger partial charge >= 0.3 is 11.9 Å². The van der Waals surface area contributed by atoms with Crippen LogP contribution in [0.2, 0.25) is 0 Å². The molecule has 4 rings (SSSR count). The van der Waals surface area contributed by atoms with E-state index >= 15 is 0 Å². The zero-order chi connectivity index (χ0) is 74.6. The van der Waals surface area contributed by atoms with Gasteiger partial charge in [-0.1, -0.05) is 92.7 Å². The van der Waals surface area contributed by atoms with Crippen molar-refractivity contribution in [2.75, 3.05) is 39.4 Å². The molecule has 0 fully saturated rings. The van der Waals surface area contributed by atoms with E-state index in [1.807, 2.05) is 6.07 Å². The minimum Gasteiger partial charge on any atom is -0.481 e. The lowest BCUT2D eigenvalue weighted by atomic mass is 10.0. The van der Waals surface area contributed by atoms with Gasteiger partial charge in [0.2, 0.25) is 65.0 Å². The van der Waals surface area contributed by atoms with Gasteiger partial charge in [0, 0.05) is 36.4 Å².